The number of aryl methyl sites for hydroxylation is 1. The zero-order valence-electron chi connectivity index (χ0n) is 9.72. The first-order valence-corrected chi connectivity index (χ1v) is 5.57. The molecule has 1 nitrogen and oxygen atoms in total. The summed E-state index contributed by atoms with van der Waals surface area (Å²) in [4.78, 5) is 0. The molecule has 2 aromatic rings. The van der Waals surface area contributed by atoms with Gasteiger partial charge in [-0.25, -0.2) is 0 Å². The summed E-state index contributed by atoms with van der Waals surface area (Å²) in [5.74, 6) is 5.81. The van der Waals surface area contributed by atoms with Crippen molar-refractivity contribution in [2.45, 2.75) is 13.0 Å². The van der Waals surface area contributed by atoms with E-state index in [0.29, 0.717) is 0 Å². The van der Waals surface area contributed by atoms with Crippen molar-refractivity contribution in [2.75, 3.05) is 0 Å². The van der Waals surface area contributed by atoms with Crippen LogP contribution in [0.4, 0.5) is 0 Å². The fourth-order valence-corrected chi connectivity index (χ4v) is 1.60. The summed E-state index contributed by atoms with van der Waals surface area (Å²) in [6, 6.07) is 17.4. The zero-order chi connectivity index (χ0) is 12.1. The molecular weight excluding hydrogens is 208 g/mol. The highest BCUT2D eigenvalue weighted by molar-refractivity contribution is 5.37. The van der Waals surface area contributed by atoms with Gasteiger partial charge in [-0.05, 0) is 24.6 Å². The van der Waals surface area contributed by atoms with E-state index in [0.717, 1.165) is 16.7 Å². The molecule has 0 aromatic heterocycles. The highest BCUT2D eigenvalue weighted by atomic mass is 16.3. The van der Waals surface area contributed by atoms with Gasteiger partial charge in [0.25, 0.3) is 0 Å². The number of hydrogen-bond acceptors (Lipinski definition) is 1. The van der Waals surface area contributed by atoms with Crippen LogP contribution >= 0.6 is 0 Å². The van der Waals surface area contributed by atoms with Crippen LogP contribution in [0, 0.1) is 18.8 Å². The number of benzene rings is 2. The Morgan fingerprint density at radius 2 is 1.76 bits per heavy atom. The normalized spacial score (nSPS) is 11.4. The van der Waals surface area contributed by atoms with Crippen LogP contribution in [0.3, 0.4) is 0 Å². The van der Waals surface area contributed by atoms with Gasteiger partial charge in [0.2, 0.25) is 0 Å². The molecule has 0 fully saturated rings. The summed E-state index contributed by atoms with van der Waals surface area (Å²) in [6.45, 7) is 2.00. The summed E-state index contributed by atoms with van der Waals surface area (Å²) in [7, 11) is 0. The smallest absolute Gasteiger partial charge is 0.140 e. The predicted molar refractivity (Wildman–Crippen MR) is 69.5 cm³/mol. The van der Waals surface area contributed by atoms with Gasteiger partial charge in [0.05, 0.1) is 0 Å². The third-order valence-corrected chi connectivity index (χ3v) is 2.48. The highest BCUT2D eigenvalue weighted by Crippen LogP contribution is 2.13. The average Bonchev–Trinajstić information content (AvgIpc) is 2.37. The van der Waals surface area contributed by atoms with E-state index in [-0.39, 0.29) is 0 Å². The van der Waals surface area contributed by atoms with Crippen molar-refractivity contribution in [1.29, 1.82) is 0 Å². The molecule has 0 aliphatic heterocycles. The second-order valence-corrected chi connectivity index (χ2v) is 3.95. The van der Waals surface area contributed by atoms with Crippen LogP contribution in [0.2, 0.25) is 0 Å². The minimum absolute atomic E-state index is 0.727. The quantitative estimate of drug-likeness (QED) is 0.735. The largest absolute Gasteiger partial charge is 0.376 e. The van der Waals surface area contributed by atoms with E-state index >= 15 is 0 Å². The monoisotopic (exact) mass is 222 g/mol. The molecule has 0 spiro atoms. The lowest BCUT2D eigenvalue weighted by atomic mass is 10.1. The summed E-state index contributed by atoms with van der Waals surface area (Å²) >= 11 is 0. The van der Waals surface area contributed by atoms with E-state index in [1.165, 1.54) is 0 Å². The molecule has 0 heterocycles. The molecule has 1 atom stereocenters. The minimum atomic E-state index is -0.727. The lowest BCUT2D eigenvalue weighted by Crippen LogP contribution is -1.93. The van der Waals surface area contributed by atoms with Crippen molar-refractivity contribution in [3.05, 3.63) is 71.3 Å². The third kappa shape index (κ3) is 3.21. The van der Waals surface area contributed by atoms with E-state index < -0.39 is 6.10 Å². The van der Waals surface area contributed by atoms with Gasteiger partial charge >= 0.3 is 0 Å². The molecule has 0 saturated carbocycles. The maximum atomic E-state index is 9.93. The first kappa shape index (κ1) is 11.4. The summed E-state index contributed by atoms with van der Waals surface area (Å²) < 4.78 is 0. The maximum absolute atomic E-state index is 9.93. The molecule has 0 saturated heterocycles. The zero-order valence-corrected chi connectivity index (χ0v) is 9.72. The Hall–Kier alpha value is -2.04. The number of rotatable bonds is 1. The van der Waals surface area contributed by atoms with E-state index in [4.69, 9.17) is 0 Å². The molecule has 2 rings (SSSR count). The molecule has 0 amide bonds. The Morgan fingerprint density at radius 3 is 2.47 bits per heavy atom. The third-order valence-electron chi connectivity index (χ3n) is 2.48. The van der Waals surface area contributed by atoms with Crippen molar-refractivity contribution in [2.24, 2.45) is 0 Å². The van der Waals surface area contributed by atoms with Gasteiger partial charge < -0.3 is 5.11 Å². The van der Waals surface area contributed by atoms with Crippen LogP contribution in [0.5, 0.6) is 0 Å². The standard InChI is InChI=1S/C16H14O/c1-13-6-5-9-15(12-13)16(17)11-10-14-7-3-2-4-8-14/h2-9,12,16-17H,1H3/t16-/m1/s1. The van der Waals surface area contributed by atoms with Gasteiger partial charge in [0.15, 0.2) is 0 Å². The van der Waals surface area contributed by atoms with Crippen LogP contribution in [0.15, 0.2) is 54.6 Å². The average molecular weight is 222 g/mol. The lowest BCUT2D eigenvalue weighted by molar-refractivity contribution is 0.238. The van der Waals surface area contributed by atoms with Crippen LogP contribution in [0.1, 0.15) is 22.8 Å². The fraction of sp³-hybridized carbons (Fsp3) is 0.125. The van der Waals surface area contributed by atoms with Gasteiger partial charge in [0.1, 0.15) is 6.10 Å². The van der Waals surface area contributed by atoms with Crippen molar-refractivity contribution in [3.63, 3.8) is 0 Å². The van der Waals surface area contributed by atoms with E-state index in [1.54, 1.807) is 0 Å². The molecule has 84 valence electrons. The van der Waals surface area contributed by atoms with E-state index in [2.05, 4.69) is 11.8 Å². The van der Waals surface area contributed by atoms with Crippen LogP contribution in [-0.4, -0.2) is 5.11 Å². The maximum Gasteiger partial charge on any atom is 0.140 e. The molecule has 0 unspecified atom stereocenters. The number of aliphatic hydroxyl groups excluding tert-OH is 1. The molecule has 0 aliphatic carbocycles. The van der Waals surface area contributed by atoms with Crippen LogP contribution < -0.4 is 0 Å². The molecule has 0 aliphatic rings. The topological polar surface area (TPSA) is 20.2 Å². The van der Waals surface area contributed by atoms with Crippen LogP contribution in [-0.2, 0) is 0 Å². The Morgan fingerprint density at radius 1 is 1.00 bits per heavy atom. The number of hydrogen-bond donors (Lipinski definition) is 1. The van der Waals surface area contributed by atoms with Crippen molar-refractivity contribution in [1.82, 2.24) is 0 Å². The second kappa shape index (κ2) is 5.34. The number of aliphatic hydroxyl groups is 1. The highest BCUT2D eigenvalue weighted by Gasteiger charge is 2.02. The SMILES string of the molecule is Cc1cccc([C@H](O)C#Cc2ccccc2)c1. The van der Waals surface area contributed by atoms with Gasteiger partial charge in [-0.2, -0.15) is 0 Å². The van der Waals surface area contributed by atoms with E-state index in [9.17, 15) is 5.11 Å². The Kier molecular flexibility index (Phi) is 3.59. The van der Waals surface area contributed by atoms with Crippen molar-refractivity contribution >= 4 is 0 Å². The Labute approximate surface area is 102 Å². The fourth-order valence-electron chi connectivity index (χ4n) is 1.60. The molecular formula is C16H14O. The summed E-state index contributed by atoms with van der Waals surface area (Å²) in [6.07, 6.45) is -0.727. The molecule has 0 radical (unpaired) electrons. The molecule has 1 N–H and O–H groups in total. The second-order valence-electron chi connectivity index (χ2n) is 3.95. The molecule has 2 aromatic carbocycles. The Balaban J connectivity index is 2.18. The van der Waals surface area contributed by atoms with E-state index in [1.807, 2.05) is 61.5 Å². The summed E-state index contributed by atoms with van der Waals surface area (Å²) in [5, 5.41) is 9.93. The van der Waals surface area contributed by atoms with Gasteiger partial charge in [-0.1, -0.05) is 59.9 Å². The molecule has 1 heteroatoms. The van der Waals surface area contributed by atoms with Crippen LogP contribution in [0.25, 0.3) is 0 Å². The van der Waals surface area contributed by atoms with Gasteiger partial charge in [-0.15, -0.1) is 0 Å². The van der Waals surface area contributed by atoms with Gasteiger partial charge in [-0.3, -0.25) is 0 Å². The lowest BCUT2D eigenvalue weighted by Gasteiger charge is -2.04. The van der Waals surface area contributed by atoms with Gasteiger partial charge in [0, 0.05) is 5.56 Å². The summed E-state index contributed by atoms with van der Waals surface area (Å²) in [5.41, 5.74) is 2.88. The first-order valence-electron chi connectivity index (χ1n) is 5.57. The Bertz CT molecular complexity index is 546. The minimum Gasteiger partial charge on any atom is -0.376 e. The van der Waals surface area contributed by atoms with Crippen molar-refractivity contribution < 1.29 is 5.11 Å². The first-order chi connectivity index (χ1) is 8.25. The molecule has 17 heavy (non-hydrogen) atoms. The van der Waals surface area contributed by atoms with Crippen molar-refractivity contribution in [3.8, 4) is 11.8 Å². The predicted octanol–water partition coefficient (Wildman–Crippen LogP) is 3.08. The molecule has 0 bridgehead atoms.